The molecule has 168 valence electrons. The summed E-state index contributed by atoms with van der Waals surface area (Å²) >= 11 is 2.77. The Morgan fingerprint density at radius 3 is 2.72 bits per heavy atom. The van der Waals surface area contributed by atoms with Crippen molar-refractivity contribution in [3.05, 3.63) is 65.2 Å². The SMILES string of the molecule is COc1cccc(NC(=O)CSc2nc(CC(=O)NCCc3ccccc3OC)cs2)c1. The molecule has 0 saturated carbocycles. The minimum Gasteiger partial charge on any atom is -0.497 e. The van der Waals surface area contributed by atoms with Crippen molar-refractivity contribution < 1.29 is 19.1 Å². The van der Waals surface area contributed by atoms with Gasteiger partial charge in [-0.2, -0.15) is 0 Å². The van der Waals surface area contributed by atoms with E-state index in [1.54, 1.807) is 26.4 Å². The molecule has 0 unspecified atom stereocenters. The minimum atomic E-state index is -0.130. The van der Waals surface area contributed by atoms with Gasteiger partial charge in [0.25, 0.3) is 0 Å². The van der Waals surface area contributed by atoms with Gasteiger partial charge in [-0.05, 0) is 30.2 Å². The third-order valence-electron chi connectivity index (χ3n) is 4.46. The average molecular weight is 472 g/mol. The van der Waals surface area contributed by atoms with E-state index in [1.165, 1.54) is 23.1 Å². The summed E-state index contributed by atoms with van der Waals surface area (Å²) in [4.78, 5) is 28.9. The molecule has 9 heteroatoms. The first kappa shape index (κ1) is 23.6. The van der Waals surface area contributed by atoms with Crippen LogP contribution in [0.5, 0.6) is 11.5 Å². The van der Waals surface area contributed by atoms with Gasteiger partial charge in [0, 0.05) is 23.7 Å². The third-order valence-corrected chi connectivity index (χ3v) is 6.53. The van der Waals surface area contributed by atoms with Crippen LogP contribution in [0.25, 0.3) is 0 Å². The molecule has 0 aliphatic carbocycles. The molecule has 0 aliphatic heterocycles. The number of carbonyl (C=O) groups excluding carboxylic acids is 2. The number of amides is 2. The molecule has 2 amide bonds. The number of hydrogen-bond acceptors (Lipinski definition) is 7. The highest BCUT2D eigenvalue weighted by molar-refractivity contribution is 8.01. The van der Waals surface area contributed by atoms with Crippen LogP contribution in [0, 0.1) is 0 Å². The van der Waals surface area contributed by atoms with E-state index in [0.717, 1.165) is 15.7 Å². The number of anilines is 1. The second kappa shape index (κ2) is 12.1. The first-order valence-corrected chi connectivity index (χ1v) is 11.8. The first-order chi connectivity index (χ1) is 15.6. The van der Waals surface area contributed by atoms with Gasteiger partial charge >= 0.3 is 0 Å². The third kappa shape index (κ3) is 7.28. The van der Waals surface area contributed by atoms with Crippen molar-refractivity contribution in [3.8, 4) is 11.5 Å². The van der Waals surface area contributed by atoms with E-state index in [9.17, 15) is 9.59 Å². The summed E-state index contributed by atoms with van der Waals surface area (Å²) in [7, 11) is 3.22. The molecular weight excluding hydrogens is 446 g/mol. The monoisotopic (exact) mass is 471 g/mol. The standard InChI is InChI=1S/C23H25N3O4S2/c1-29-19-8-5-7-17(12-19)25-22(28)15-32-23-26-18(14-31-23)13-21(27)24-11-10-16-6-3-4-9-20(16)30-2/h3-9,12,14H,10-11,13,15H2,1-2H3,(H,24,27)(H,25,28). The van der Waals surface area contributed by atoms with Gasteiger partial charge in [0.15, 0.2) is 4.34 Å². The van der Waals surface area contributed by atoms with Gasteiger partial charge < -0.3 is 20.1 Å². The minimum absolute atomic E-state index is 0.0856. The summed E-state index contributed by atoms with van der Waals surface area (Å²) in [6, 6.07) is 15.0. The maximum atomic E-state index is 12.2. The maximum Gasteiger partial charge on any atom is 0.234 e. The molecule has 0 radical (unpaired) electrons. The van der Waals surface area contributed by atoms with Crippen molar-refractivity contribution >= 4 is 40.6 Å². The normalized spacial score (nSPS) is 10.4. The molecule has 2 N–H and O–H groups in total. The van der Waals surface area contributed by atoms with Crippen molar-refractivity contribution in [3.63, 3.8) is 0 Å². The predicted octanol–water partition coefficient (Wildman–Crippen LogP) is 3.79. The van der Waals surface area contributed by atoms with Crippen molar-refractivity contribution in [2.24, 2.45) is 0 Å². The zero-order valence-corrected chi connectivity index (χ0v) is 19.6. The Kier molecular flexibility index (Phi) is 8.94. The summed E-state index contributed by atoms with van der Waals surface area (Å²) in [6.45, 7) is 0.523. The molecule has 0 fully saturated rings. The molecule has 7 nitrogen and oxygen atoms in total. The quantitative estimate of drug-likeness (QED) is 0.414. The molecule has 0 atom stereocenters. The molecule has 32 heavy (non-hydrogen) atoms. The molecule has 1 aromatic heterocycles. The molecule has 3 aromatic rings. The summed E-state index contributed by atoms with van der Waals surface area (Å²) < 4.78 is 11.2. The van der Waals surface area contributed by atoms with Crippen molar-refractivity contribution in [2.45, 2.75) is 17.2 Å². The van der Waals surface area contributed by atoms with E-state index in [1.807, 2.05) is 41.8 Å². The van der Waals surface area contributed by atoms with Crippen LogP contribution in [0.3, 0.4) is 0 Å². The molecule has 0 aliphatic rings. The van der Waals surface area contributed by atoms with Crippen LogP contribution >= 0.6 is 23.1 Å². The molecule has 0 bridgehead atoms. The number of para-hydroxylation sites is 1. The number of methoxy groups -OCH3 is 2. The highest BCUT2D eigenvalue weighted by atomic mass is 32.2. The second-order valence-electron chi connectivity index (χ2n) is 6.76. The van der Waals surface area contributed by atoms with Crippen molar-refractivity contribution in [1.29, 1.82) is 0 Å². The number of benzene rings is 2. The Labute approximate surface area is 195 Å². The van der Waals surface area contributed by atoms with E-state index in [0.29, 0.717) is 30.1 Å². The lowest BCUT2D eigenvalue weighted by Crippen LogP contribution is -2.27. The van der Waals surface area contributed by atoms with E-state index in [4.69, 9.17) is 9.47 Å². The Morgan fingerprint density at radius 1 is 1.06 bits per heavy atom. The van der Waals surface area contributed by atoms with Gasteiger partial charge in [0.05, 0.1) is 32.1 Å². The fourth-order valence-corrected chi connectivity index (χ4v) is 4.58. The van der Waals surface area contributed by atoms with Crippen LogP contribution in [0.1, 0.15) is 11.3 Å². The van der Waals surface area contributed by atoms with E-state index < -0.39 is 0 Å². The summed E-state index contributed by atoms with van der Waals surface area (Å²) in [5, 5.41) is 7.60. The van der Waals surface area contributed by atoms with Gasteiger partial charge in [0.1, 0.15) is 11.5 Å². The fourth-order valence-electron chi connectivity index (χ4n) is 2.93. The average Bonchev–Trinajstić information content (AvgIpc) is 3.25. The molecule has 3 rings (SSSR count). The largest absolute Gasteiger partial charge is 0.497 e. The number of thiazole rings is 1. The number of thioether (sulfide) groups is 1. The topological polar surface area (TPSA) is 89.5 Å². The van der Waals surface area contributed by atoms with Gasteiger partial charge in [-0.15, -0.1) is 11.3 Å². The summed E-state index contributed by atoms with van der Waals surface area (Å²) in [5.41, 5.74) is 2.43. The van der Waals surface area contributed by atoms with Crippen LogP contribution in [0.4, 0.5) is 5.69 Å². The van der Waals surface area contributed by atoms with Crippen molar-refractivity contribution in [2.75, 3.05) is 31.8 Å². The van der Waals surface area contributed by atoms with E-state index >= 15 is 0 Å². The number of rotatable bonds is 11. The van der Waals surface area contributed by atoms with Crippen molar-refractivity contribution in [1.82, 2.24) is 10.3 Å². The van der Waals surface area contributed by atoms with Crippen LogP contribution < -0.4 is 20.1 Å². The Balaban J connectivity index is 1.40. The van der Waals surface area contributed by atoms with E-state index in [2.05, 4.69) is 15.6 Å². The van der Waals surface area contributed by atoms with Crippen LogP contribution in [-0.2, 0) is 22.4 Å². The molecule has 1 heterocycles. The van der Waals surface area contributed by atoms with Crippen LogP contribution in [0.15, 0.2) is 58.3 Å². The van der Waals surface area contributed by atoms with Gasteiger partial charge in [-0.1, -0.05) is 36.0 Å². The van der Waals surface area contributed by atoms with Crippen LogP contribution in [-0.4, -0.2) is 43.3 Å². The van der Waals surface area contributed by atoms with Gasteiger partial charge in [0.2, 0.25) is 11.8 Å². The summed E-state index contributed by atoms with van der Waals surface area (Å²) in [5.74, 6) is 1.51. The lowest BCUT2D eigenvalue weighted by Gasteiger charge is -2.08. The molecule has 2 aromatic carbocycles. The molecular formula is C23H25N3O4S2. The highest BCUT2D eigenvalue weighted by Gasteiger charge is 2.11. The predicted molar refractivity (Wildman–Crippen MR) is 128 cm³/mol. The smallest absolute Gasteiger partial charge is 0.234 e. The Bertz CT molecular complexity index is 1050. The van der Waals surface area contributed by atoms with Gasteiger partial charge in [-0.25, -0.2) is 4.98 Å². The second-order valence-corrected chi connectivity index (χ2v) is 8.84. The lowest BCUT2D eigenvalue weighted by atomic mass is 10.1. The van der Waals surface area contributed by atoms with E-state index in [-0.39, 0.29) is 24.0 Å². The Morgan fingerprint density at radius 2 is 1.91 bits per heavy atom. The number of nitrogens with zero attached hydrogens (tertiary/aromatic N) is 1. The highest BCUT2D eigenvalue weighted by Crippen LogP contribution is 2.24. The number of ether oxygens (including phenoxy) is 2. The zero-order chi connectivity index (χ0) is 22.8. The number of hydrogen-bond donors (Lipinski definition) is 2. The number of carbonyl (C=O) groups is 2. The fraction of sp³-hybridized carbons (Fsp3) is 0.261. The maximum absolute atomic E-state index is 12.2. The molecule has 0 spiro atoms. The van der Waals surface area contributed by atoms with Gasteiger partial charge in [-0.3, -0.25) is 9.59 Å². The Hall–Kier alpha value is -3.04. The molecule has 0 saturated heterocycles. The lowest BCUT2D eigenvalue weighted by molar-refractivity contribution is -0.120. The summed E-state index contributed by atoms with van der Waals surface area (Å²) in [6.07, 6.45) is 0.898. The number of nitrogens with one attached hydrogen (secondary N) is 2. The zero-order valence-electron chi connectivity index (χ0n) is 17.9. The van der Waals surface area contributed by atoms with Crippen LogP contribution in [0.2, 0.25) is 0 Å². The number of aromatic nitrogens is 1. The first-order valence-electron chi connectivity index (χ1n) is 9.97.